The molecular weight excluding hydrogens is 228 g/mol. The molecule has 2 amide bonds. The second kappa shape index (κ2) is 7.48. The van der Waals surface area contributed by atoms with Gasteiger partial charge in [0.05, 0.1) is 7.11 Å². The number of rotatable bonds is 6. The topological polar surface area (TPSA) is 105 Å². The summed E-state index contributed by atoms with van der Waals surface area (Å²) >= 11 is 0. The quantitative estimate of drug-likeness (QED) is 0.576. The summed E-state index contributed by atoms with van der Waals surface area (Å²) in [6.07, 6.45) is 0.309. The fourth-order valence-electron chi connectivity index (χ4n) is 1.11. The first-order valence-corrected chi connectivity index (χ1v) is 5.23. The van der Waals surface area contributed by atoms with Gasteiger partial charge in [-0.25, -0.2) is 9.59 Å². The van der Waals surface area contributed by atoms with Crippen molar-refractivity contribution in [2.24, 2.45) is 0 Å². The van der Waals surface area contributed by atoms with E-state index < -0.39 is 24.0 Å². The number of esters is 1. The molecule has 0 aliphatic carbocycles. The zero-order chi connectivity index (χ0) is 13.4. The second-order valence-corrected chi connectivity index (χ2v) is 3.70. The van der Waals surface area contributed by atoms with Crippen LogP contribution in [0.3, 0.4) is 0 Å². The molecule has 7 heteroatoms. The average Bonchev–Trinajstić information content (AvgIpc) is 2.24. The van der Waals surface area contributed by atoms with E-state index >= 15 is 0 Å². The molecule has 3 N–H and O–H groups in total. The standard InChI is InChI=1S/C10H18N2O5/c1-6(4-5-8(13)14)11-10(16)12-7(2)9(15)17-3/h6-7H,4-5H2,1-3H3,(H,13,14)(H2,11,12,16). The van der Waals surface area contributed by atoms with Crippen LogP contribution in [0.25, 0.3) is 0 Å². The fraction of sp³-hybridized carbons (Fsp3) is 0.700. The summed E-state index contributed by atoms with van der Waals surface area (Å²) in [6, 6.07) is -1.55. The second-order valence-electron chi connectivity index (χ2n) is 3.70. The van der Waals surface area contributed by atoms with Gasteiger partial charge < -0.3 is 20.5 Å². The van der Waals surface area contributed by atoms with E-state index in [4.69, 9.17) is 5.11 Å². The zero-order valence-electron chi connectivity index (χ0n) is 10.1. The van der Waals surface area contributed by atoms with Crippen LogP contribution >= 0.6 is 0 Å². The van der Waals surface area contributed by atoms with Crippen molar-refractivity contribution in [3.8, 4) is 0 Å². The molecule has 0 aliphatic rings. The van der Waals surface area contributed by atoms with E-state index in [0.29, 0.717) is 6.42 Å². The Balaban J connectivity index is 3.92. The SMILES string of the molecule is COC(=O)C(C)NC(=O)NC(C)CCC(=O)O. The number of aliphatic carboxylic acids is 1. The molecule has 0 heterocycles. The van der Waals surface area contributed by atoms with Gasteiger partial charge in [-0.1, -0.05) is 0 Å². The molecule has 0 saturated heterocycles. The Morgan fingerprint density at radius 2 is 1.82 bits per heavy atom. The highest BCUT2D eigenvalue weighted by Gasteiger charge is 2.16. The highest BCUT2D eigenvalue weighted by atomic mass is 16.5. The lowest BCUT2D eigenvalue weighted by molar-refractivity contribution is -0.142. The summed E-state index contributed by atoms with van der Waals surface area (Å²) in [6.45, 7) is 3.18. The van der Waals surface area contributed by atoms with Crippen LogP contribution in [-0.4, -0.2) is 42.3 Å². The summed E-state index contributed by atoms with van der Waals surface area (Å²) in [5.41, 5.74) is 0. The number of methoxy groups -OCH3 is 1. The first-order valence-electron chi connectivity index (χ1n) is 5.23. The van der Waals surface area contributed by atoms with Gasteiger partial charge >= 0.3 is 18.0 Å². The van der Waals surface area contributed by atoms with Crippen LogP contribution in [0.5, 0.6) is 0 Å². The number of carbonyl (C=O) groups excluding carboxylic acids is 2. The van der Waals surface area contributed by atoms with Gasteiger partial charge in [-0.2, -0.15) is 0 Å². The number of urea groups is 1. The van der Waals surface area contributed by atoms with Crippen molar-refractivity contribution in [1.29, 1.82) is 0 Å². The summed E-state index contributed by atoms with van der Waals surface area (Å²) in [7, 11) is 1.23. The molecule has 0 radical (unpaired) electrons. The molecule has 0 aromatic carbocycles. The minimum Gasteiger partial charge on any atom is -0.481 e. The van der Waals surface area contributed by atoms with Crippen molar-refractivity contribution >= 4 is 18.0 Å². The summed E-state index contributed by atoms with van der Waals surface area (Å²) in [4.78, 5) is 32.7. The maximum absolute atomic E-state index is 11.4. The van der Waals surface area contributed by atoms with Crippen LogP contribution in [0.1, 0.15) is 26.7 Å². The zero-order valence-corrected chi connectivity index (χ0v) is 10.1. The third-order valence-corrected chi connectivity index (χ3v) is 2.07. The molecule has 0 spiro atoms. The highest BCUT2D eigenvalue weighted by molar-refractivity contribution is 5.83. The number of nitrogens with one attached hydrogen (secondary N) is 2. The molecule has 0 fully saturated rings. The van der Waals surface area contributed by atoms with E-state index in [0.717, 1.165) is 0 Å². The number of hydrogen-bond acceptors (Lipinski definition) is 4. The van der Waals surface area contributed by atoms with E-state index in [-0.39, 0.29) is 12.5 Å². The Morgan fingerprint density at radius 3 is 2.29 bits per heavy atom. The molecule has 2 atom stereocenters. The third kappa shape index (κ3) is 7.15. The monoisotopic (exact) mass is 246 g/mol. The van der Waals surface area contributed by atoms with Crippen molar-refractivity contribution < 1.29 is 24.2 Å². The molecule has 0 aliphatic heterocycles. The number of hydrogen-bond donors (Lipinski definition) is 3. The molecule has 7 nitrogen and oxygen atoms in total. The lowest BCUT2D eigenvalue weighted by Gasteiger charge is -2.16. The van der Waals surface area contributed by atoms with Gasteiger partial charge in [0, 0.05) is 12.5 Å². The molecule has 0 bridgehead atoms. The maximum atomic E-state index is 11.4. The van der Waals surface area contributed by atoms with Crippen LogP contribution in [0.2, 0.25) is 0 Å². The summed E-state index contributed by atoms with van der Waals surface area (Å²) in [5.74, 6) is -1.46. The van der Waals surface area contributed by atoms with E-state index in [1.165, 1.54) is 14.0 Å². The minimum atomic E-state index is -0.915. The van der Waals surface area contributed by atoms with Crippen molar-refractivity contribution in [2.75, 3.05) is 7.11 Å². The molecule has 17 heavy (non-hydrogen) atoms. The van der Waals surface area contributed by atoms with Gasteiger partial charge in [0.2, 0.25) is 0 Å². The Morgan fingerprint density at radius 1 is 1.24 bits per heavy atom. The predicted octanol–water partition coefficient (Wildman–Crippen LogP) is 0.100. The summed E-state index contributed by atoms with van der Waals surface area (Å²) in [5, 5.41) is 13.4. The first-order chi connectivity index (χ1) is 7.86. The normalized spacial score (nSPS) is 13.4. The van der Waals surface area contributed by atoms with Crippen molar-refractivity contribution in [3.63, 3.8) is 0 Å². The Bertz CT molecular complexity index is 292. The van der Waals surface area contributed by atoms with Gasteiger partial charge in [0.25, 0.3) is 0 Å². The van der Waals surface area contributed by atoms with Crippen LogP contribution in [0.15, 0.2) is 0 Å². The van der Waals surface area contributed by atoms with Gasteiger partial charge in [-0.15, -0.1) is 0 Å². The molecular formula is C10H18N2O5. The molecule has 2 unspecified atom stereocenters. The van der Waals surface area contributed by atoms with E-state index in [1.54, 1.807) is 6.92 Å². The molecule has 0 rings (SSSR count). The maximum Gasteiger partial charge on any atom is 0.328 e. The van der Waals surface area contributed by atoms with Gasteiger partial charge in [-0.05, 0) is 20.3 Å². The minimum absolute atomic E-state index is 0.0198. The Labute approximate surface area is 99.5 Å². The largest absolute Gasteiger partial charge is 0.481 e. The smallest absolute Gasteiger partial charge is 0.328 e. The van der Waals surface area contributed by atoms with E-state index in [1.807, 2.05) is 0 Å². The van der Waals surface area contributed by atoms with Crippen LogP contribution in [0, 0.1) is 0 Å². The molecule has 0 saturated carbocycles. The van der Waals surface area contributed by atoms with Crippen molar-refractivity contribution in [3.05, 3.63) is 0 Å². The van der Waals surface area contributed by atoms with E-state index in [9.17, 15) is 14.4 Å². The average molecular weight is 246 g/mol. The number of carbonyl (C=O) groups is 3. The number of ether oxygens (including phenoxy) is 1. The molecule has 98 valence electrons. The number of amides is 2. The Hall–Kier alpha value is -1.79. The van der Waals surface area contributed by atoms with Gasteiger partial charge in [0.1, 0.15) is 6.04 Å². The summed E-state index contributed by atoms with van der Waals surface area (Å²) < 4.78 is 4.44. The fourth-order valence-corrected chi connectivity index (χ4v) is 1.11. The Kier molecular flexibility index (Phi) is 6.69. The first kappa shape index (κ1) is 15.2. The van der Waals surface area contributed by atoms with Crippen LogP contribution in [-0.2, 0) is 14.3 Å². The van der Waals surface area contributed by atoms with Crippen molar-refractivity contribution in [2.45, 2.75) is 38.8 Å². The van der Waals surface area contributed by atoms with E-state index in [2.05, 4.69) is 15.4 Å². The van der Waals surface area contributed by atoms with Crippen molar-refractivity contribution in [1.82, 2.24) is 10.6 Å². The molecule has 0 aromatic rings. The van der Waals surface area contributed by atoms with Crippen LogP contribution < -0.4 is 10.6 Å². The third-order valence-electron chi connectivity index (χ3n) is 2.07. The van der Waals surface area contributed by atoms with Crippen LogP contribution in [0.4, 0.5) is 4.79 Å². The predicted molar refractivity (Wildman–Crippen MR) is 59.5 cm³/mol. The lowest BCUT2D eigenvalue weighted by atomic mass is 10.2. The van der Waals surface area contributed by atoms with Gasteiger partial charge in [-0.3, -0.25) is 4.79 Å². The molecule has 0 aromatic heterocycles. The lowest BCUT2D eigenvalue weighted by Crippen LogP contribution is -2.47. The highest BCUT2D eigenvalue weighted by Crippen LogP contribution is 1.96. The number of carboxylic acid groups (broad SMARTS) is 1. The van der Waals surface area contributed by atoms with Gasteiger partial charge in [0.15, 0.2) is 0 Å². The number of carboxylic acids is 1.